The summed E-state index contributed by atoms with van der Waals surface area (Å²) in [6.07, 6.45) is 2.24. The van der Waals surface area contributed by atoms with Crippen LogP contribution in [0.5, 0.6) is 0 Å². The molecule has 6 nitrogen and oxygen atoms in total. The minimum Gasteiger partial charge on any atom is -0.379 e. The largest absolute Gasteiger partial charge is 0.379 e. The Bertz CT molecular complexity index is 518. The van der Waals surface area contributed by atoms with E-state index in [-0.39, 0.29) is 24.0 Å². The van der Waals surface area contributed by atoms with Gasteiger partial charge in [-0.1, -0.05) is 31.5 Å². The Morgan fingerprint density at radius 3 is 2.41 bits per heavy atom. The molecule has 0 spiro atoms. The predicted octanol–water partition coefficient (Wildman–Crippen LogP) is 2.80. The van der Waals surface area contributed by atoms with Gasteiger partial charge in [0.05, 0.1) is 37.2 Å². The van der Waals surface area contributed by atoms with Gasteiger partial charge >= 0.3 is 0 Å². The van der Waals surface area contributed by atoms with Crippen molar-refractivity contribution in [3.63, 3.8) is 0 Å². The number of unbranched alkanes of at least 4 members (excludes halogenated alkanes) is 1. The van der Waals surface area contributed by atoms with Gasteiger partial charge in [0.25, 0.3) is 0 Å². The van der Waals surface area contributed by atoms with Gasteiger partial charge in [0.2, 0.25) is 0 Å². The normalized spacial score (nSPS) is 12.3. The second-order valence-electron chi connectivity index (χ2n) is 5.63. The van der Waals surface area contributed by atoms with E-state index in [2.05, 4.69) is 22.5 Å². The highest BCUT2D eigenvalue weighted by Crippen LogP contribution is 2.04. The van der Waals surface area contributed by atoms with Crippen LogP contribution in [-0.4, -0.2) is 62.0 Å². The van der Waals surface area contributed by atoms with Crippen LogP contribution in [0.25, 0.3) is 0 Å². The van der Waals surface area contributed by atoms with Crippen LogP contribution in [0.3, 0.4) is 0 Å². The lowest BCUT2D eigenvalue weighted by Crippen LogP contribution is -2.39. The van der Waals surface area contributed by atoms with Crippen molar-refractivity contribution in [3.8, 4) is 0 Å². The van der Waals surface area contributed by atoms with Gasteiger partial charge < -0.3 is 20.1 Å². The summed E-state index contributed by atoms with van der Waals surface area (Å²) in [5.74, 6) is 1.26. The first-order valence-corrected chi connectivity index (χ1v) is 10.7. The van der Waals surface area contributed by atoms with Gasteiger partial charge in [-0.3, -0.25) is 9.20 Å². The number of nitrogens with zero attached hydrogens (tertiary/aromatic N) is 1. The molecule has 0 saturated heterocycles. The average molecular weight is 511 g/mol. The molecule has 156 valence electrons. The third-order valence-corrected chi connectivity index (χ3v) is 4.82. The lowest BCUT2D eigenvalue weighted by atomic mass is 10.4. The third-order valence-electron chi connectivity index (χ3n) is 3.45. The molecule has 0 amide bonds. The molecule has 1 rings (SSSR count). The van der Waals surface area contributed by atoms with Crippen LogP contribution in [0.4, 0.5) is 0 Å². The summed E-state index contributed by atoms with van der Waals surface area (Å²) in [5.41, 5.74) is 0. The van der Waals surface area contributed by atoms with Crippen LogP contribution in [0, 0.1) is 0 Å². The first-order valence-electron chi connectivity index (χ1n) is 9.39. The molecule has 0 saturated carbocycles. The van der Waals surface area contributed by atoms with E-state index in [1.807, 2.05) is 37.3 Å². The van der Waals surface area contributed by atoms with Gasteiger partial charge in [-0.15, -0.1) is 24.0 Å². The second-order valence-corrected chi connectivity index (χ2v) is 7.20. The summed E-state index contributed by atoms with van der Waals surface area (Å²) >= 11 is 0. The van der Waals surface area contributed by atoms with Gasteiger partial charge in [-0.2, -0.15) is 0 Å². The van der Waals surface area contributed by atoms with Crippen molar-refractivity contribution in [1.29, 1.82) is 0 Å². The maximum atomic E-state index is 12.2. The van der Waals surface area contributed by atoms with E-state index < -0.39 is 10.8 Å². The Labute approximate surface area is 183 Å². The molecule has 0 aromatic heterocycles. The standard InChI is InChI=1S/C19H33N3O3S.HI/c1-3-5-13-24-15-16-25-14-11-21-19(20-4-2)22-12-17-26(23)18-9-7-6-8-10-18;/h6-10H,3-5,11-17H2,1-2H3,(H2,20,21,22);1H. The molecule has 2 N–H and O–H groups in total. The quantitative estimate of drug-likeness (QED) is 0.174. The van der Waals surface area contributed by atoms with Crippen LogP contribution in [0.2, 0.25) is 0 Å². The first kappa shape index (κ1) is 26.3. The molecular weight excluding hydrogens is 477 g/mol. The predicted molar refractivity (Wildman–Crippen MR) is 124 cm³/mol. The average Bonchev–Trinajstić information content (AvgIpc) is 2.67. The smallest absolute Gasteiger partial charge is 0.191 e. The maximum absolute atomic E-state index is 12.2. The van der Waals surface area contributed by atoms with E-state index in [1.54, 1.807) is 0 Å². The molecule has 0 heterocycles. The Balaban J connectivity index is 0.00000676. The van der Waals surface area contributed by atoms with Gasteiger partial charge in [-0.05, 0) is 25.5 Å². The van der Waals surface area contributed by atoms with Crippen molar-refractivity contribution in [2.24, 2.45) is 4.99 Å². The number of benzene rings is 1. The molecule has 8 heteroatoms. The topological polar surface area (TPSA) is 72.0 Å². The van der Waals surface area contributed by atoms with Gasteiger partial charge in [-0.25, -0.2) is 0 Å². The zero-order valence-electron chi connectivity index (χ0n) is 16.4. The summed E-state index contributed by atoms with van der Waals surface area (Å²) < 4.78 is 23.1. The van der Waals surface area contributed by atoms with Crippen LogP contribution in [0.15, 0.2) is 40.2 Å². The number of halogens is 1. The minimum atomic E-state index is -1.00. The lowest BCUT2D eigenvalue weighted by molar-refractivity contribution is 0.0497. The van der Waals surface area contributed by atoms with Gasteiger partial charge in [0.1, 0.15) is 0 Å². The molecule has 0 aliphatic carbocycles. The molecule has 27 heavy (non-hydrogen) atoms. The number of ether oxygens (including phenoxy) is 2. The van der Waals surface area contributed by atoms with E-state index in [0.29, 0.717) is 38.7 Å². The number of aliphatic imine (C=N–C) groups is 1. The highest BCUT2D eigenvalue weighted by molar-refractivity contribution is 14.0. The van der Waals surface area contributed by atoms with Crippen LogP contribution in [-0.2, 0) is 20.3 Å². The van der Waals surface area contributed by atoms with E-state index in [9.17, 15) is 4.21 Å². The number of hydrogen-bond acceptors (Lipinski definition) is 4. The third kappa shape index (κ3) is 14.0. The van der Waals surface area contributed by atoms with Crippen LogP contribution < -0.4 is 10.6 Å². The van der Waals surface area contributed by atoms with Crippen molar-refractivity contribution in [1.82, 2.24) is 10.6 Å². The fraction of sp³-hybridized carbons (Fsp3) is 0.632. The van der Waals surface area contributed by atoms with Crippen molar-refractivity contribution in [2.75, 3.05) is 51.8 Å². The fourth-order valence-corrected chi connectivity index (χ4v) is 3.07. The van der Waals surface area contributed by atoms with Gasteiger partial charge in [0, 0.05) is 30.3 Å². The second kappa shape index (κ2) is 18.6. The zero-order chi connectivity index (χ0) is 18.9. The molecular formula is C19H34IN3O3S. The zero-order valence-corrected chi connectivity index (χ0v) is 19.6. The molecule has 0 fully saturated rings. The molecule has 0 aliphatic heterocycles. The Morgan fingerprint density at radius 1 is 1.04 bits per heavy atom. The molecule has 1 atom stereocenters. The molecule has 0 radical (unpaired) electrons. The Kier molecular flexibility index (Phi) is 18.2. The molecule has 0 bridgehead atoms. The van der Waals surface area contributed by atoms with Gasteiger partial charge in [0.15, 0.2) is 5.96 Å². The van der Waals surface area contributed by atoms with Crippen molar-refractivity contribution < 1.29 is 13.7 Å². The first-order chi connectivity index (χ1) is 12.8. The number of guanidine groups is 1. The maximum Gasteiger partial charge on any atom is 0.191 e. The highest BCUT2D eigenvalue weighted by Gasteiger charge is 2.03. The molecule has 1 aromatic carbocycles. The van der Waals surface area contributed by atoms with Crippen molar-refractivity contribution in [2.45, 2.75) is 31.6 Å². The summed E-state index contributed by atoms with van der Waals surface area (Å²) in [6, 6.07) is 9.51. The highest BCUT2D eigenvalue weighted by atomic mass is 127. The van der Waals surface area contributed by atoms with E-state index in [4.69, 9.17) is 9.47 Å². The number of nitrogens with one attached hydrogen (secondary N) is 2. The summed E-state index contributed by atoms with van der Waals surface area (Å²) in [6.45, 7) is 8.70. The monoisotopic (exact) mass is 511 g/mol. The van der Waals surface area contributed by atoms with Crippen molar-refractivity contribution >= 4 is 40.7 Å². The Hall–Kier alpha value is -0.710. The summed E-state index contributed by atoms with van der Waals surface area (Å²) in [7, 11) is -1.00. The van der Waals surface area contributed by atoms with Crippen molar-refractivity contribution in [3.05, 3.63) is 30.3 Å². The number of hydrogen-bond donors (Lipinski definition) is 2. The number of rotatable bonds is 14. The van der Waals surface area contributed by atoms with Crippen LogP contribution in [0.1, 0.15) is 26.7 Å². The fourth-order valence-electron chi connectivity index (χ4n) is 2.08. The molecule has 1 aromatic rings. The van der Waals surface area contributed by atoms with E-state index in [0.717, 1.165) is 36.8 Å². The molecule has 1 unspecified atom stereocenters. The summed E-state index contributed by atoms with van der Waals surface area (Å²) in [5, 5.41) is 6.39. The molecule has 0 aliphatic rings. The summed E-state index contributed by atoms with van der Waals surface area (Å²) in [4.78, 5) is 5.31. The minimum absolute atomic E-state index is 0. The Morgan fingerprint density at radius 2 is 1.74 bits per heavy atom. The van der Waals surface area contributed by atoms with E-state index in [1.165, 1.54) is 0 Å². The lowest BCUT2D eigenvalue weighted by Gasteiger charge is -2.11. The SMILES string of the molecule is CCCCOCCOCCN=C(NCC)NCCS(=O)c1ccccc1.I. The van der Waals surface area contributed by atoms with E-state index >= 15 is 0 Å². The van der Waals surface area contributed by atoms with Crippen LogP contribution >= 0.6 is 24.0 Å².